The molecule has 1 amide bonds. The number of nitrogens with zero attached hydrogens (tertiary/aromatic N) is 1. The fourth-order valence-corrected chi connectivity index (χ4v) is 1.51. The number of carbonyl (C=O) groups is 1. The van der Waals surface area contributed by atoms with Crippen LogP contribution in [0.25, 0.3) is 0 Å². The van der Waals surface area contributed by atoms with Crippen LogP contribution in [0.3, 0.4) is 0 Å². The van der Waals surface area contributed by atoms with E-state index >= 15 is 0 Å². The van der Waals surface area contributed by atoms with Crippen molar-refractivity contribution in [2.24, 2.45) is 0 Å². The number of carbonyl (C=O) groups excluding carboxylic acids is 1. The molecule has 0 spiro atoms. The smallest absolute Gasteiger partial charge is 0.338 e. The Morgan fingerprint density at radius 2 is 2.11 bits per heavy atom. The van der Waals surface area contributed by atoms with Crippen LogP contribution in [0.1, 0.15) is 21.9 Å². The second-order valence-electron chi connectivity index (χ2n) is 3.91. The Labute approximate surface area is 106 Å². The first-order valence-corrected chi connectivity index (χ1v) is 5.36. The van der Waals surface area contributed by atoms with Gasteiger partial charge in [-0.15, -0.1) is 0 Å². The van der Waals surface area contributed by atoms with Crippen LogP contribution >= 0.6 is 0 Å². The van der Waals surface area contributed by atoms with Crippen LogP contribution in [0.15, 0.2) is 30.5 Å². The number of nitrogens with one attached hydrogen (secondary N) is 2. The van der Waals surface area contributed by atoms with Gasteiger partial charge >= 0.3 is 6.18 Å². The van der Waals surface area contributed by atoms with E-state index in [1.165, 1.54) is 18.3 Å². The molecule has 2 N–H and O–H groups in total. The molecule has 0 saturated heterocycles. The number of aryl methyl sites for hydroxylation is 1. The summed E-state index contributed by atoms with van der Waals surface area (Å²) in [7, 11) is 0. The third-order valence-electron chi connectivity index (χ3n) is 2.40. The van der Waals surface area contributed by atoms with Gasteiger partial charge in [0.15, 0.2) is 0 Å². The van der Waals surface area contributed by atoms with Crippen molar-refractivity contribution in [3.8, 4) is 0 Å². The van der Waals surface area contributed by atoms with Gasteiger partial charge in [0, 0.05) is 5.69 Å². The van der Waals surface area contributed by atoms with E-state index in [1.54, 1.807) is 6.92 Å². The third kappa shape index (κ3) is 3.12. The summed E-state index contributed by atoms with van der Waals surface area (Å²) in [5.74, 6) is 0.00844. The normalized spacial score (nSPS) is 11.4. The molecule has 0 aliphatic heterocycles. The summed E-state index contributed by atoms with van der Waals surface area (Å²) in [5.41, 5.74) is -0.548. The Morgan fingerprint density at radius 1 is 1.37 bits per heavy atom. The summed E-state index contributed by atoms with van der Waals surface area (Å²) < 4.78 is 37.5. The van der Waals surface area contributed by atoms with Gasteiger partial charge in [0.2, 0.25) is 0 Å². The van der Waals surface area contributed by atoms with Crippen molar-refractivity contribution < 1.29 is 18.0 Å². The summed E-state index contributed by atoms with van der Waals surface area (Å²) in [6, 6.07) is 4.43. The number of hydrogen-bond donors (Lipinski definition) is 2. The first-order valence-electron chi connectivity index (χ1n) is 5.36. The highest BCUT2D eigenvalue weighted by atomic mass is 19.4. The molecule has 4 nitrogen and oxygen atoms in total. The molecule has 1 aromatic carbocycles. The summed E-state index contributed by atoms with van der Waals surface area (Å²) in [6.45, 7) is 1.67. The SMILES string of the molecule is Cc1ncc(C(=O)Nc2cccc(C(F)(F)F)c2)[nH]1. The summed E-state index contributed by atoms with van der Waals surface area (Å²) >= 11 is 0. The number of rotatable bonds is 2. The molecule has 0 fully saturated rings. The average molecular weight is 269 g/mol. The van der Waals surface area contributed by atoms with Crippen LogP contribution in [0, 0.1) is 6.92 Å². The van der Waals surface area contributed by atoms with E-state index in [9.17, 15) is 18.0 Å². The predicted octanol–water partition coefficient (Wildman–Crippen LogP) is 2.99. The molecule has 2 aromatic rings. The van der Waals surface area contributed by atoms with Gasteiger partial charge in [0.25, 0.3) is 5.91 Å². The molecule has 1 aromatic heterocycles. The zero-order chi connectivity index (χ0) is 14.0. The number of aromatic nitrogens is 2. The fraction of sp³-hybridized carbons (Fsp3) is 0.167. The predicted molar refractivity (Wildman–Crippen MR) is 62.7 cm³/mol. The number of alkyl halides is 3. The topological polar surface area (TPSA) is 57.8 Å². The molecular formula is C12H10F3N3O. The van der Waals surface area contributed by atoms with Gasteiger partial charge in [0.1, 0.15) is 11.5 Å². The van der Waals surface area contributed by atoms with Crippen LogP contribution in [0.2, 0.25) is 0 Å². The van der Waals surface area contributed by atoms with Gasteiger partial charge in [0.05, 0.1) is 11.8 Å². The first kappa shape index (κ1) is 13.1. The Bertz CT molecular complexity index is 604. The maximum atomic E-state index is 12.5. The number of hydrogen-bond acceptors (Lipinski definition) is 2. The largest absolute Gasteiger partial charge is 0.416 e. The Morgan fingerprint density at radius 3 is 2.68 bits per heavy atom. The van der Waals surface area contributed by atoms with E-state index in [1.807, 2.05) is 0 Å². The van der Waals surface area contributed by atoms with Crippen LogP contribution in [0.5, 0.6) is 0 Å². The van der Waals surface area contributed by atoms with Crippen molar-refractivity contribution in [3.05, 3.63) is 47.5 Å². The standard InChI is InChI=1S/C12H10F3N3O/c1-7-16-6-10(17-7)11(19)18-9-4-2-3-8(5-9)12(13,14)15/h2-6H,1H3,(H,16,17)(H,18,19). The van der Waals surface area contributed by atoms with Crippen LogP contribution < -0.4 is 5.32 Å². The minimum absolute atomic E-state index is 0.0760. The zero-order valence-electron chi connectivity index (χ0n) is 9.88. The first-order chi connectivity index (χ1) is 8.86. The lowest BCUT2D eigenvalue weighted by atomic mass is 10.2. The number of anilines is 1. The van der Waals surface area contributed by atoms with Gasteiger partial charge in [-0.3, -0.25) is 4.79 Å². The van der Waals surface area contributed by atoms with Crippen LogP contribution in [-0.4, -0.2) is 15.9 Å². The van der Waals surface area contributed by atoms with Gasteiger partial charge in [-0.2, -0.15) is 13.2 Å². The minimum Gasteiger partial charge on any atom is -0.338 e. The van der Waals surface area contributed by atoms with E-state index in [4.69, 9.17) is 0 Å². The molecule has 0 saturated carbocycles. The molecule has 1 heterocycles. The minimum atomic E-state index is -4.44. The molecule has 100 valence electrons. The lowest BCUT2D eigenvalue weighted by Crippen LogP contribution is -2.13. The second-order valence-corrected chi connectivity index (χ2v) is 3.91. The molecule has 0 radical (unpaired) electrons. The Hall–Kier alpha value is -2.31. The monoisotopic (exact) mass is 269 g/mol. The van der Waals surface area contributed by atoms with E-state index < -0.39 is 17.6 Å². The van der Waals surface area contributed by atoms with E-state index in [2.05, 4.69) is 15.3 Å². The van der Waals surface area contributed by atoms with Crippen molar-refractivity contribution in [3.63, 3.8) is 0 Å². The number of imidazole rings is 1. The Balaban J connectivity index is 2.18. The molecule has 0 atom stereocenters. The number of halogens is 3. The van der Waals surface area contributed by atoms with Gasteiger partial charge in [-0.1, -0.05) is 6.07 Å². The highest BCUT2D eigenvalue weighted by molar-refractivity contribution is 6.02. The average Bonchev–Trinajstić information content (AvgIpc) is 2.75. The molecular weight excluding hydrogens is 259 g/mol. The van der Waals surface area contributed by atoms with Crippen molar-refractivity contribution >= 4 is 11.6 Å². The van der Waals surface area contributed by atoms with Gasteiger partial charge in [-0.25, -0.2) is 4.98 Å². The Kier molecular flexibility index (Phi) is 3.28. The maximum Gasteiger partial charge on any atom is 0.416 e. The van der Waals surface area contributed by atoms with Crippen LogP contribution in [0.4, 0.5) is 18.9 Å². The molecule has 0 aliphatic rings. The van der Waals surface area contributed by atoms with Crippen molar-refractivity contribution in [1.82, 2.24) is 9.97 Å². The van der Waals surface area contributed by atoms with Crippen molar-refractivity contribution in [2.75, 3.05) is 5.32 Å². The lowest BCUT2D eigenvalue weighted by Gasteiger charge is -2.09. The van der Waals surface area contributed by atoms with Crippen molar-refractivity contribution in [2.45, 2.75) is 13.1 Å². The quantitative estimate of drug-likeness (QED) is 0.880. The summed E-state index contributed by atoms with van der Waals surface area (Å²) in [4.78, 5) is 18.3. The molecule has 0 aliphatic carbocycles. The number of amides is 1. The highest BCUT2D eigenvalue weighted by Gasteiger charge is 2.30. The number of aromatic amines is 1. The van der Waals surface area contributed by atoms with Crippen LogP contribution in [-0.2, 0) is 6.18 Å². The van der Waals surface area contributed by atoms with Crippen molar-refractivity contribution in [1.29, 1.82) is 0 Å². The molecule has 0 unspecified atom stereocenters. The summed E-state index contributed by atoms with van der Waals surface area (Å²) in [6.07, 6.45) is -3.12. The molecule has 2 rings (SSSR count). The van der Waals surface area contributed by atoms with Gasteiger partial charge in [-0.05, 0) is 25.1 Å². The van der Waals surface area contributed by atoms with Gasteiger partial charge < -0.3 is 10.3 Å². The van der Waals surface area contributed by atoms with E-state index in [0.29, 0.717) is 5.82 Å². The second kappa shape index (κ2) is 4.75. The van der Waals surface area contributed by atoms with E-state index in [-0.39, 0.29) is 11.4 Å². The summed E-state index contributed by atoms with van der Waals surface area (Å²) in [5, 5.41) is 2.37. The molecule has 7 heteroatoms. The lowest BCUT2D eigenvalue weighted by molar-refractivity contribution is -0.137. The highest BCUT2D eigenvalue weighted by Crippen LogP contribution is 2.30. The number of benzene rings is 1. The third-order valence-corrected chi connectivity index (χ3v) is 2.40. The molecule has 0 bridgehead atoms. The fourth-order valence-electron chi connectivity index (χ4n) is 1.51. The maximum absolute atomic E-state index is 12.5. The number of H-pyrrole nitrogens is 1. The van der Waals surface area contributed by atoms with E-state index in [0.717, 1.165) is 12.1 Å². The molecule has 19 heavy (non-hydrogen) atoms. The zero-order valence-corrected chi connectivity index (χ0v) is 9.88.